The minimum Gasteiger partial charge on any atom is -0.465 e. The van der Waals surface area contributed by atoms with E-state index in [0.29, 0.717) is 13.0 Å². The van der Waals surface area contributed by atoms with E-state index < -0.39 is 23.9 Å². The van der Waals surface area contributed by atoms with E-state index in [4.69, 9.17) is 10.8 Å². The number of halogens is 1. The molecule has 0 bridgehead atoms. The number of carbonyl (C=O) groups is 2. The minimum absolute atomic E-state index is 0.168. The molecule has 0 aliphatic carbocycles. The van der Waals surface area contributed by atoms with Gasteiger partial charge in [-0.1, -0.05) is 0 Å². The summed E-state index contributed by atoms with van der Waals surface area (Å²) in [4.78, 5) is 23.5. The van der Waals surface area contributed by atoms with Crippen LogP contribution in [-0.4, -0.2) is 29.7 Å². The van der Waals surface area contributed by atoms with Crippen molar-refractivity contribution in [3.05, 3.63) is 24.0 Å². The molecule has 7 heteroatoms. The lowest BCUT2D eigenvalue weighted by Crippen LogP contribution is -2.44. The van der Waals surface area contributed by atoms with Gasteiger partial charge in [-0.25, -0.2) is 9.18 Å². The lowest BCUT2D eigenvalue weighted by Gasteiger charge is -2.24. The van der Waals surface area contributed by atoms with Gasteiger partial charge in [-0.15, -0.1) is 0 Å². The number of amides is 2. The Bertz CT molecular complexity index is 506. The van der Waals surface area contributed by atoms with Crippen molar-refractivity contribution in [2.75, 3.05) is 17.2 Å². The first-order chi connectivity index (χ1) is 8.50. The smallest absolute Gasteiger partial charge is 0.412 e. The van der Waals surface area contributed by atoms with E-state index in [1.54, 1.807) is 0 Å². The Morgan fingerprint density at radius 2 is 2.28 bits per heavy atom. The second-order valence-corrected chi connectivity index (χ2v) is 3.96. The SMILES string of the molecule is Nc1ccc(N(C(=O)O)C2CCNC2=O)c(F)c1. The topological polar surface area (TPSA) is 95.7 Å². The molecule has 1 aliphatic rings. The quantitative estimate of drug-likeness (QED) is 0.679. The van der Waals surface area contributed by atoms with Crippen LogP contribution >= 0.6 is 0 Å². The first-order valence-corrected chi connectivity index (χ1v) is 5.35. The van der Waals surface area contributed by atoms with Crippen molar-refractivity contribution < 1.29 is 19.1 Å². The second kappa shape index (κ2) is 4.52. The molecule has 96 valence electrons. The van der Waals surface area contributed by atoms with Crippen molar-refractivity contribution in [2.24, 2.45) is 0 Å². The summed E-state index contributed by atoms with van der Waals surface area (Å²) < 4.78 is 13.7. The molecule has 2 amide bonds. The molecule has 1 atom stereocenters. The van der Waals surface area contributed by atoms with Crippen LogP contribution < -0.4 is 16.0 Å². The Labute approximate surface area is 102 Å². The summed E-state index contributed by atoms with van der Waals surface area (Å²) >= 11 is 0. The maximum absolute atomic E-state index is 13.7. The van der Waals surface area contributed by atoms with Crippen LogP contribution in [0.4, 0.5) is 20.6 Å². The van der Waals surface area contributed by atoms with Crippen LogP contribution in [0.5, 0.6) is 0 Å². The predicted molar refractivity (Wildman–Crippen MR) is 62.7 cm³/mol. The lowest BCUT2D eigenvalue weighted by molar-refractivity contribution is -0.120. The Hall–Kier alpha value is -2.31. The summed E-state index contributed by atoms with van der Waals surface area (Å²) in [5.74, 6) is -1.19. The van der Waals surface area contributed by atoms with E-state index >= 15 is 0 Å². The fraction of sp³-hybridized carbons (Fsp3) is 0.273. The summed E-state index contributed by atoms with van der Waals surface area (Å²) in [6.07, 6.45) is -1.06. The summed E-state index contributed by atoms with van der Waals surface area (Å²) in [6.45, 7) is 0.379. The number of nitrogens with zero attached hydrogens (tertiary/aromatic N) is 1. The number of rotatable bonds is 2. The van der Waals surface area contributed by atoms with Gasteiger partial charge in [-0.2, -0.15) is 0 Å². The predicted octanol–water partition coefficient (Wildman–Crippen LogP) is 0.781. The normalized spacial score (nSPS) is 18.5. The van der Waals surface area contributed by atoms with E-state index in [-0.39, 0.29) is 11.4 Å². The van der Waals surface area contributed by atoms with Gasteiger partial charge in [0.2, 0.25) is 5.91 Å². The number of hydrogen-bond donors (Lipinski definition) is 3. The molecular weight excluding hydrogens is 241 g/mol. The molecule has 4 N–H and O–H groups in total. The molecule has 1 aromatic carbocycles. The zero-order valence-corrected chi connectivity index (χ0v) is 9.39. The molecule has 1 unspecified atom stereocenters. The number of carboxylic acid groups (broad SMARTS) is 1. The molecule has 1 saturated heterocycles. The van der Waals surface area contributed by atoms with Gasteiger partial charge in [0.05, 0.1) is 5.69 Å². The van der Waals surface area contributed by atoms with Gasteiger partial charge in [-0.05, 0) is 24.6 Å². The van der Waals surface area contributed by atoms with Gasteiger partial charge < -0.3 is 16.2 Å². The first-order valence-electron chi connectivity index (χ1n) is 5.35. The number of benzene rings is 1. The molecule has 0 spiro atoms. The number of nitrogen functional groups attached to an aromatic ring is 1. The zero-order valence-electron chi connectivity index (χ0n) is 9.39. The highest BCUT2D eigenvalue weighted by Crippen LogP contribution is 2.25. The van der Waals surface area contributed by atoms with Gasteiger partial charge in [0.15, 0.2) is 0 Å². The molecule has 1 fully saturated rings. The van der Waals surface area contributed by atoms with Crippen molar-refractivity contribution in [3.63, 3.8) is 0 Å². The fourth-order valence-electron chi connectivity index (χ4n) is 1.95. The number of nitrogens with two attached hydrogens (primary N) is 1. The fourth-order valence-corrected chi connectivity index (χ4v) is 1.95. The van der Waals surface area contributed by atoms with Gasteiger partial charge in [-0.3, -0.25) is 9.69 Å². The van der Waals surface area contributed by atoms with Gasteiger partial charge in [0.25, 0.3) is 0 Å². The maximum atomic E-state index is 13.7. The van der Waals surface area contributed by atoms with E-state index in [0.717, 1.165) is 11.0 Å². The standard InChI is InChI=1S/C11H12FN3O3/c12-7-5-6(13)1-2-8(7)15(11(17)18)9-3-4-14-10(9)16/h1-2,5,9H,3-4,13H2,(H,14,16)(H,17,18). The summed E-state index contributed by atoms with van der Waals surface area (Å²) in [5.41, 5.74) is 5.42. The third-order valence-electron chi connectivity index (χ3n) is 2.77. The van der Waals surface area contributed by atoms with Crippen LogP contribution in [0.3, 0.4) is 0 Å². The number of anilines is 2. The molecule has 0 radical (unpaired) electrons. The summed E-state index contributed by atoms with van der Waals surface area (Å²) in [6, 6.07) is 2.77. The third-order valence-corrected chi connectivity index (χ3v) is 2.77. The molecule has 2 rings (SSSR count). The van der Waals surface area contributed by atoms with Crippen molar-refractivity contribution in [2.45, 2.75) is 12.5 Å². The molecule has 1 heterocycles. The van der Waals surface area contributed by atoms with Gasteiger partial charge >= 0.3 is 6.09 Å². The van der Waals surface area contributed by atoms with E-state index in [1.807, 2.05) is 0 Å². The van der Waals surface area contributed by atoms with Crippen LogP contribution in [0.1, 0.15) is 6.42 Å². The molecule has 0 saturated carbocycles. The van der Waals surface area contributed by atoms with Gasteiger partial charge in [0.1, 0.15) is 11.9 Å². The van der Waals surface area contributed by atoms with Crippen LogP contribution in [-0.2, 0) is 4.79 Å². The third kappa shape index (κ3) is 2.06. The Balaban J connectivity index is 2.41. The highest BCUT2D eigenvalue weighted by atomic mass is 19.1. The average Bonchev–Trinajstić information content (AvgIpc) is 2.68. The van der Waals surface area contributed by atoms with Crippen LogP contribution in [0.25, 0.3) is 0 Å². The van der Waals surface area contributed by atoms with Crippen molar-refractivity contribution >= 4 is 23.4 Å². The Kier molecular flexibility index (Phi) is 3.05. The molecule has 1 aromatic rings. The second-order valence-electron chi connectivity index (χ2n) is 3.96. The van der Waals surface area contributed by atoms with E-state index in [2.05, 4.69) is 5.32 Å². The van der Waals surface area contributed by atoms with E-state index in [9.17, 15) is 14.0 Å². The average molecular weight is 253 g/mol. The number of hydrogen-bond acceptors (Lipinski definition) is 3. The van der Waals surface area contributed by atoms with Gasteiger partial charge in [0, 0.05) is 12.2 Å². The van der Waals surface area contributed by atoms with Crippen LogP contribution in [0.15, 0.2) is 18.2 Å². The Morgan fingerprint density at radius 3 is 2.78 bits per heavy atom. The zero-order chi connectivity index (χ0) is 13.3. The number of carbonyl (C=O) groups excluding carboxylic acids is 1. The molecule has 6 nitrogen and oxygen atoms in total. The molecule has 0 aromatic heterocycles. The minimum atomic E-state index is -1.37. The van der Waals surface area contributed by atoms with Crippen molar-refractivity contribution in [1.29, 1.82) is 0 Å². The van der Waals surface area contributed by atoms with Crippen molar-refractivity contribution in [3.8, 4) is 0 Å². The van der Waals surface area contributed by atoms with Crippen LogP contribution in [0, 0.1) is 5.82 Å². The molecule has 1 aliphatic heterocycles. The first kappa shape index (κ1) is 12.2. The largest absolute Gasteiger partial charge is 0.465 e. The van der Waals surface area contributed by atoms with Crippen LogP contribution in [0.2, 0.25) is 0 Å². The summed E-state index contributed by atoms with van der Waals surface area (Å²) in [5, 5.41) is 11.7. The highest BCUT2D eigenvalue weighted by molar-refractivity contribution is 5.97. The number of nitrogens with one attached hydrogen (secondary N) is 1. The monoisotopic (exact) mass is 253 g/mol. The lowest BCUT2D eigenvalue weighted by atomic mass is 10.1. The maximum Gasteiger partial charge on any atom is 0.412 e. The Morgan fingerprint density at radius 1 is 1.56 bits per heavy atom. The highest BCUT2D eigenvalue weighted by Gasteiger charge is 2.35. The van der Waals surface area contributed by atoms with Crippen molar-refractivity contribution in [1.82, 2.24) is 5.32 Å². The molecule has 18 heavy (non-hydrogen) atoms. The molecular formula is C11H12FN3O3. The summed E-state index contributed by atoms with van der Waals surface area (Å²) in [7, 11) is 0. The van der Waals surface area contributed by atoms with E-state index in [1.165, 1.54) is 12.1 Å².